The Labute approximate surface area is 204 Å². The molecule has 0 aromatic heterocycles. The summed E-state index contributed by atoms with van der Waals surface area (Å²) in [5, 5.41) is 4.89. The first-order valence-corrected chi connectivity index (χ1v) is 12.4. The summed E-state index contributed by atoms with van der Waals surface area (Å²) in [6, 6.07) is 14.8. The molecular weight excluding hydrogens is 484 g/mol. The lowest BCUT2D eigenvalue weighted by molar-refractivity contribution is -0.143. The molecule has 0 fully saturated rings. The van der Waals surface area contributed by atoms with Gasteiger partial charge in [-0.15, -0.1) is 0 Å². The normalized spacial score (nSPS) is 11.9. The molecular formula is C22H24N2O8S2. The number of hydrogen-bond donors (Lipinski definition) is 2. The van der Waals surface area contributed by atoms with Crippen molar-refractivity contribution in [3.63, 3.8) is 0 Å². The van der Waals surface area contributed by atoms with Crippen molar-refractivity contribution in [2.45, 2.75) is 12.1 Å². The Morgan fingerprint density at radius 2 is 1.03 bits per heavy atom. The Balaban J connectivity index is 1.84. The van der Waals surface area contributed by atoms with Gasteiger partial charge in [-0.3, -0.25) is 0 Å². The summed E-state index contributed by atoms with van der Waals surface area (Å²) in [6.45, 7) is 0. The summed E-state index contributed by atoms with van der Waals surface area (Å²) in [6.07, 6.45) is -1.63. The second-order valence-corrected chi connectivity index (χ2v) is 8.97. The molecule has 34 heavy (non-hydrogen) atoms. The van der Waals surface area contributed by atoms with Crippen LogP contribution in [0, 0.1) is 0 Å². The molecule has 0 saturated heterocycles. The number of esters is 2. The van der Waals surface area contributed by atoms with E-state index in [-0.39, 0.29) is 11.5 Å². The van der Waals surface area contributed by atoms with E-state index in [4.69, 9.17) is 18.9 Å². The monoisotopic (exact) mass is 508 g/mol. The molecule has 2 aromatic carbocycles. The third-order valence-electron chi connectivity index (χ3n) is 4.02. The topological polar surface area (TPSA) is 129 Å². The van der Waals surface area contributed by atoms with Crippen LogP contribution < -0.4 is 20.1 Å². The average Bonchev–Trinajstić information content (AvgIpc) is 2.85. The number of rotatable bonds is 11. The van der Waals surface area contributed by atoms with Crippen LogP contribution in [-0.4, -0.2) is 61.9 Å². The van der Waals surface area contributed by atoms with Crippen molar-refractivity contribution < 1.29 is 38.1 Å². The molecule has 182 valence electrons. The summed E-state index contributed by atoms with van der Waals surface area (Å²) in [4.78, 5) is 48.3. The number of para-hydroxylation sites is 2. The van der Waals surface area contributed by atoms with Crippen molar-refractivity contribution in [1.29, 1.82) is 0 Å². The van der Waals surface area contributed by atoms with Gasteiger partial charge in [0.1, 0.15) is 23.6 Å². The van der Waals surface area contributed by atoms with Crippen LogP contribution in [0.1, 0.15) is 0 Å². The van der Waals surface area contributed by atoms with E-state index in [2.05, 4.69) is 10.6 Å². The summed E-state index contributed by atoms with van der Waals surface area (Å²) in [5.41, 5.74) is 0. The van der Waals surface area contributed by atoms with Gasteiger partial charge in [-0.2, -0.15) is 0 Å². The minimum atomic E-state index is -0.994. The Morgan fingerprint density at radius 1 is 0.676 bits per heavy atom. The molecule has 0 aliphatic rings. The first-order chi connectivity index (χ1) is 16.4. The number of ether oxygens (including phenoxy) is 4. The Kier molecular flexibility index (Phi) is 11.6. The number of carbonyl (C=O) groups is 4. The molecule has 2 atom stereocenters. The zero-order valence-electron chi connectivity index (χ0n) is 18.4. The molecule has 0 spiro atoms. The first-order valence-electron chi connectivity index (χ1n) is 9.89. The molecule has 2 aromatic rings. The molecule has 2 amide bonds. The second-order valence-electron chi connectivity index (χ2n) is 6.41. The van der Waals surface area contributed by atoms with Crippen LogP contribution in [0.3, 0.4) is 0 Å². The third-order valence-corrected chi connectivity index (χ3v) is 6.44. The number of hydrogen-bond acceptors (Lipinski definition) is 10. The zero-order chi connectivity index (χ0) is 24.8. The van der Waals surface area contributed by atoms with Crippen LogP contribution >= 0.6 is 21.6 Å². The number of nitrogens with one attached hydrogen (secondary N) is 2. The quantitative estimate of drug-likeness (QED) is 0.265. The van der Waals surface area contributed by atoms with E-state index in [1.54, 1.807) is 60.7 Å². The zero-order valence-corrected chi connectivity index (χ0v) is 20.1. The van der Waals surface area contributed by atoms with Crippen molar-refractivity contribution in [1.82, 2.24) is 10.6 Å². The predicted octanol–water partition coefficient (Wildman–Crippen LogP) is 3.03. The molecule has 2 N–H and O–H groups in total. The van der Waals surface area contributed by atoms with Gasteiger partial charge >= 0.3 is 24.1 Å². The molecule has 0 aliphatic carbocycles. The molecule has 0 bridgehead atoms. The Morgan fingerprint density at radius 3 is 1.35 bits per heavy atom. The second kappa shape index (κ2) is 14.7. The van der Waals surface area contributed by atoms with E-state index in [0.717, 1.165) is 0 Å². The number of benzene rings is 2. The molecule has 0 unspecified atom stereocenters. The first kappa shape index (κ1) is 26.9. The van der Waals surface area contributed by atoms with Crippen LogP contribution in [0.2, 0.25) is 0 Å². The fraction of sp³-hybridized carbons (Fsp3) is 0.273. The maximum atomic E-state index is 12.1. The summed E-state index contributed by atoms with van der Waals surface area (Å²) >= 11 is 0. The number of carbonyl (C=O) groups excluding carboxylic acids is 4. The molecule has 0 radical (unpaired) electrons. The summed E-state index contributed by atoms with van der Waals surface area (Å²) in [7, 11) is 4.78. The van der Waals surface area contributed by atoms with Gasteiger partial charge in [0.05, 0.1) is 14.2 Å². The van der Waals surface area contributed by atoms with Gasteiger partial charge in [0.25, 0.3) is 0 Å². The maximum absolute atomic E-state index is 12.1. The smallest absolute Gasteiger partial charge is 0.413 e. The van der Waals surface area contributed by atoms with E-state index < -0.39 is 36.2 Å². The van der Waals surface area contributed by atoms with Crippen LogP contribution in [-0.2, 0) is 19.1 Å². The molecule has 10 nitrogen and oxygen atoms in total. The summed E-state index contributed by atoms with van der Waals surface area (Å²) in [5.74, 6) is -0.452. The standard InChI is InChI=1S/C22H24N2O8S2/c1-29-19(25)17(23-21(27)31-15-9-5-3-6-10-15)13-33-34-14-18(20(26)30-2)24-22(28)32-16-11-7-4-8-12-16/h3-12,17-18H,13-14H2,1-2H3,(H,23,27)(H,24,28)/t17-,18-/m0/s1. The van der Waals surface area contributed by atoms with Crippen LogP contribution in [0.15, 0.2) is 60.7 Å². The largest absolute Gasteiger partial charge is 0.467 e. The lowest BCUT2D eigenvalue weighted by Crippen LogP contribution is -2.45. The summed E-state index contributed by atoms with van der Waals surface area (Å²) < 4.78 is 19.7. The van der Waals surface area contributed by atoms with E-state index in [1.165, 1.54) is 35.8 Å². The fourth-order valence-corrected chi connectivity index (χ4v) is 4.69. The number of methoxy groups -OCH3 is 2. The van der Waals surface area contributed by atoms with Gasteiger partial charge in [0.15, 0.2) is 0 Å². The highest BCUT2D eigenvalue weighted by Gasteiger charge is 2.25. The van der Waals surface area contributed by atoms with Gasteiger partial charge in [-0.1, -0.05) is 58.0 Å². The van der Waals surface area contributed by atoms with Crippen molar-refractivity contribution in [2.75, 3.05) is 25.7 Å². The van der Waals surface area contributed by atoms with E-state index in [1.807, 2.05) is 0 Å². The SMILES string of the molecule is COC(=O)[C@H](CSSC[C@H](NC(=O)Oc1ccccc1)C(=O)OC)NC(=O)Oc1ccccc1. The Bertz CT molecular complexity index is 869. The van der Waals surface area contributed by atoms with E-state index in [9.17, 15) is 19.2 Å². The van der Waals surface area contributed by atoms with Crippen molar-refractivity contribution in [3.8, 4) is 11.5 Å². The maximum Gasteiger partial charge on any atom is 0.413 e. The highest BCUT2D eigenvalue weighted by Crippen LogP contribution is 2.24. The van der Waals surface area contributed by atoms with E-state index >= 15 is 0 Å². The van der Waals surface area contributed by atoms with Crippen LogP contribution in [0.4, 0.5) is 9.59 Å². The molecule has 0 aliphatic heterocycles. The molecule has 12 heteroatoms. The highest BCUT2D eigenvalue weighted by molar-refractivity contribution is 8.76. The predicted molar refractivity (Wildman–Crippen MR) is 128 cm³/mol. The van der Waals surface area contributed by atoms with Crippen LogP contribution in [0.5, 0.6) is 11.5 Å². The van der Waals surface area contributed by atoms with Gasteiger partial charge in [-0.25, -0.2) is 19.2 Å². The Hall–Kier alpha value is -3.38. The minimum Gasteiger partial charge on any atom is -0.467 e. The van der Waals surface area contributed by atoms with Crippen LogP contribution in [0.25, 0.3) is 0 Å². The highest BCUT2D eigenvalue weighted by atomic mass is 33.1. The van der Waals surface area contributed by atoms with E-state index in [0.29, 0.717) is 11.5 Å². The van der Waals surface area contributed by atoms with Crippen molar-refractivity contribution in [2.24, 2.45) is 0 Å². The lowest BCUT2D eigenvalue weighted by Gasteiger charge is -2.18. The van der Waals surface area contributed by atoms with Gasteiger partial charge in [0, 0.05) is 11.5 Å². The van der Waals surface area contributed by atoms with Crippen molar-refractivity contribution >= 4 is 45.7 Å². The molecule has 0 heterocycles. The fourth-order valence-electron chi connectivity index (χ4n) is 2.39. The average molecular weight is 509 g/mol. The van der Waals surface area contributed by atoms with Gasteiger partial charge < -0.3 is 29.6 Å². The van der Waals surface area contributed by atoms with Crippen molar-refractivity contribution in [3.05, 3.63) is 60.7 Å². The molecule has 0 saturated carbocycles. The van der Waals surface area contributed by atoms with Gasteiger partial charge in [0.2, 0.25) is 0 Å². The third kappa shape index (κ3) is 9.63. The molecule has 2 rings (SSSR count). The minimum absolute atomic E-state index is 0.115. The van der Waals surface area contributed by atoms with Gasteiger partial charge in [-0.05, 0) is 24.3 Å². The lowest BCUT2D eigenvalue weighted by atomic mass is 10.3. The number of amides is 2.